The molecule has 180 valence electrons. The molecule has 2 aromatic carbocycles. The van der Waals surface area contributed by atoms with E-state index < -0.39 is 5.54 Å². The van der Waals surface area contributed by atoms with Gasteiger partial charge in [0.15, 0.2) is 23.1 Å². The van der Waals surface area contributed by atoms with Gasteiger partial charge in [0.25, 0.3) is 5.91 Å². The highest BCUT2D eigenvalue weighted by atomic mass is 16.5. The van der Waals surface area contributed by atoms with E-state index in [1.54, 1.807) is 36.2 Å². The lowest BCUT2D eigenvalue weighted by Gasteiger charge is -2.35. The highest BCUT2D eigenvalue weighted by Crippen LogP contribution is 2.46. The van der Waals surface area contributed by atoms with E-state index in [0.29, 0.717) is 28.4 Å². The molecule has 1 amide bonds. The maximum absolute atomic E-state index is 13.4. The Labute approximate surface area is 204 Å². The van der Waals surface area contributed by atoms with Crippen molar-refractivity contribution < 1.29 is 28.6 Å². The number of carbonyl (C=O) groups is 3. The summed E-state index contributed by atoms with van der Waals surface area (Å²) in [7, 11) is 6.19. The lowest BCUT2D eigenvalue weighted by atomic mass is 9.80. The molecule has 35 heavy (non-hydrogen) atoms. The van der Waals surface area contributed by atoms with Crippen LogP contribution in [-0.4, -0.2) is 56.3 Å². The van der Waals surface area contributed by atoms with Crippen LogP contribution in [0.5, 0.6) is 17.2 Å². The molecule has 0 saturated heterocycles. The SMILES string of the molecule is COc1cc(C(=O)CCC2=C(c3ccccc3)C3(C=CC(=O)C=C3)N(C)C2=O)cc(OC)c1OC. The number of Topliss-reactive ketones (excluding diaryl/α,β-unsaturated/α-hetero) is 1. The number of allylic oxidation sites excluding steroid dienone is 2. The van der Waals surface area contributed by atoms with Crippen molar-refractivity contribution in [3.05, 3.63) is 83.5 Å². The summed E-state index contributed by atoms with van der Waals surface area (Å²) in [6.07, 6.45) is 6.81. The molecular formula is C28H27NO6. The van der Waals surface area contributed by atoms with E-state index in [9.17, 15) is 14.4 Å². The van der Waals surface area contributed by atoms with Crippen LogP contribution in [0.4, 0.5) is 0 Å². The third kappa shape index (κ3) is 4.14. The van der Waals surface area contributed by atoms with Gasteiger partial charge in [-0.2, -0.15) is 0 Å². The van der Waals surface area contributed by atoms with Crippen LogP contribution in [-0.2, 0) is 9.59 Å². The topological polar surface area (TPSA) is 82.1 Å². The Morgan fingerprint density at radius 1 is 0.914 bits per heavy atom. The molecule has 1 spiro atoms. The average Bonchev–Trinajstić information content (AvgIpc) is 3.09. The summed E-state index contributed by atoms with van der Waals surface area (Å²) >= 11 is 0. The molecule has 2 aromatic rings. The maximum Gasteiger partial charge on any atom is 0.251 e. The first-order chi connectivity index (χ1) is 16.9. The van der Waals surface area contributed by atoms with E-state index in [1.165, 1.54) is 33.5 Å². The summed E-state index contributed by atoms with van der Waals surface area (Å²) in [5.74, 6) is 0.709. The number of amides is 1. The van der Waals surface area contributed by atoms with Gasteiger partial charge < -0.3 is 19.1 Å². The molecule has 0 saturated carbocycles. The number of nitrogens with zero attached hydrogens (tertiary/aromatic N) is 1. The number of hydrogen-bond acceptors (Lipinski definition) is 6. The van der Waals surface area contributed by atoms with Crippen LogP contribution in [0.1, 0.15) is 28.8 Å². The van der Waals surface area contributed by atoms with Crippen LogP contribution in [0, 0.1) is 0 Å². The van der Waals surface area contributed by atoms with Gasteiger partial charge in [0.05, 0.1) is 21.3 Å². The minimum absolute atomic E-state index is 0.103. The first kappa shape index (κ1) is 24.0. The molecule has 7 nitrogen and oxygen atoms in total. The van der Waals surface area contributed by atoms with Gasteiger partial charge in [0, 0.05) is 30.2 Å². The quantitative estimate of drug-likeness (QED) is 0.539. The van der Waals surface area contributed by atoms with Crippen molar-refractivity contribution in [1.82, 2.24) is 4.90 Å². The second-order valence-electron chi connectivity index (χ2n) is 8.32. The number of ether oxygens (including phenoxy) is 3. The Hall–Kier alpha value is -4.13. The summed E-state index contributed by atoms with van der Waals surface area (Å²) in [4.78, 5) is 40.1. The Morgan fingerprint density at radius 3 is 2.06 bits per heavy atom. The summed E-state index contributed by atoms with van der Waals surface area (Å²) < 4.78 is 16.1. The van der Waals surface area contributed by atoms with E-state index in [1.807, 2.05) is 30.3 Å². The van der Waals surface area contributed by atoms with Gasteiger partial charge in [-0.05, 0) is 48.4 Å². The zero-order valence-electron chi connectivity index (χ0n) is 20.2. The van der Waals surface area contributed by atoms with Gasteiger partial charge in [-0.1, -0.05) is 30.3 Å². The summed E-state index contributed by atoms with van der Waals surface area (Å²) in [6, 6.07) is 12.8. The first-order valence-corrected chi connectivity index (χ1v) is 11.2. The van der Waals surface area contributed by atoms with Gasteiger partial charge in [0.1, 0.15) is 5.54 Å². The summed E-state index contributed by atoms with van der Waals surface area (Å²) in [6.45, 7) is 0. The van der Waals surface area contributed by atoms with Crippen LogP contribution >= 0.6 is 0 Å². The second kappa shape index (κ2) is 9.62. The van der Waals surface area contributed by atoms with Gasteiger partial charge in [0.2, 0.25) is 5.75 Å². The molecule has 0 unspecified atom stereocenters. The van der Waals surface area contributed by atoms with Crippen molar-refractivity contribution in [3.8, 4) is 17.2 Å². The lowest BCUT2D eigenvalue weighted by Crippen LogP contribution is -2.43. The molecule has 0 aromatic heterocycles. The molecule has 0 fully saturated rings. The van der Waals surface area contributed by atoms with Crippen LogP contribution in [0.15, 0.2) is 72.3 Å². The minimum Gasteiger partial charge on any atom is -0.493 e. The molecule has 1 heterocycles. The Kier molecular flexibility index (Phi) is 6.60. The van der Waals surface area contributed by atoms with Crippen molar-refractivity contribution in [1.29, 1.82) is 0 Å². The Morgan fingerprint density at radius 2 is 1.51 bits per heavy atom. The number of hydrogen-bond donors (Lipinski definition) is 0. The van der Waals surface area contributed by atoms with Crippen LogP contribution < -0.4 is 14.2 Å². The third-order valence-electron chi connectivity index (χ3n) is 6.47. The maximum atomic E-state index is 13.4. The lowest BCUT2D eigenvalue weighted by molar-refractivity contribution is -0.126. The van der Waals surface area contributed by atoms with Crippen molar-refractivity contribution in [3.63, 3.8) is 0 Å². The molecule has 1 aliphatic carbocycles. The standard InChI is InChI=1S/C28H27NO6/c1-29-27(32)21(10-11-22(31)19-16-23(33-2)26(35-4)24(17-19)34-3)25(18-8-6-5-7-9-18)28(29)14-12-20(30)13-15-28/h5-9,12-17H,10-11H2,1-4H3. The zero-order valence-corrected chi connectivity index (χ0v) is 20.2. The van der Waals surface area contributed by atoms with Crippen LogP contribution in [0.25, 0.3) is 5.57 Å². The predicted octanol–water partition coefficient (Wildman–Crippen LogP) is 4.04. The van der Waals surface area contributed by atoms with Gasteiger partial charge in [-0.3, -0.25) is 14.4 Å². The fourth-order valence-corrected chi connectivity index (χ4v) is 4.67. The predicted molar refractivity (Wildman–Crippen MR) is 132 cm³/mol. The van der Waals surface area contributed by atoms with E-state index in [4.69, 9.17) is 14.2 Å². The molecule has 7 heteroatoms. The van der Waals surface area contributed by atoms with Gasteiger partial charge in [-0.15, -0.1) is 0 Å². The first-order valence-electron chi connectivity index (χ1n) is 11.2. The number of methoxy groups -OCH3 is 3. The van der Waals surface area contributed by atoms with Crippen molar-refractivity contribution in [2.24, 2.45) is 0 Å². The molecule has 2 aliphatic rings. The number of carbonyl (C=O) groups excluding carboxylic acids is 3. The average molecular weight is 474 g/mol. The molecule has 0 N–H and O–H groups in total. The van der Waals surface area contributed by atoms with Gasteiger partial charge >= 0.3 is 0 Å². The third-order valence-corrected chi connectivity index (χ3v) is 6.47. The molecule has 1 aliphatic heterocycles. The monoisotopic (exact) mass is 473 g/mol. The molecule has 0 atom stereocenters. The molecule has 4 rings (SSSR count). The van der Waals surface area contributed by atoms with Crippen molar-refractivity contribution >= 4 is 23.0 Å². The number of likely N-dealkylation sites (N-methyl/N-ethyl adjacent to an activating group) is 1. The molecule has 0 radical (unpaired) electrons. The van der Waals surface area contributed by atoms with E-state index in [0.717, 1.165) is 11.1 Å². The van der Waals surface area contributed by atoms with Crippen molar-refractivity contribution in [2.75, 3.05) is 28.4 Å². The number of rotatable bonds is 8. The van der Waals surface area contributed by atoms with E-state index in [-0.39, 0.29) is 30.3 Å². The highest BCUT2D eigenvalue weighted by Gasteiger charge is 2.47. The highest BCUT2D eigenvalue weighted by molar-refractivity contribution is 6.13. The molecular weight excluding hydrogens is 446 g/mol. The smallest absolute Gasteiger partial charge is 0.251 e. The Bertz CT molecular complexity index is 1230. The fraction of sp³-hybridized carbons (Fsp3) is 0.250. The zero-order chi connectivity index (χ0) is 25.2. The summed E-state index contributed by atoms with van der Waals surface area (Å²) in [5.41, 5.74) is 1.71. The number of ketones is 2. The summed E-state index contributed by atoms with van der Waals surface area (Å²) in [5, 5.41) is 0. The van der Waals surface area contributed by atoms with Crippen molar-refractivity contribution in [2.45, 2.75) is 18.4 Å². The normalized spacial score (nSPS) is 16.3. The van der Waals surface area contributed by atoms with E-state index in [2.05, 4.69) is 0 Å². The minimum atomic E-state index is -0.878. The Balaban J connectivity index is 1.72. The number of benzene rings is 2. The molecule has 0 bridgehead atoms. The second-order valence-corrected chi connectivity index (χ2v) is 8.32. The van der Waals surface area contributed by atoms with Crippen LogP contribution in [0.2, 0.25) is 0 Å². The largest absolute Gasteiger partial charge is 0.493 e. The van der Waals surface area contributed by atoms with E-state index >= 15 is 0 Å². The van der Waals surface area contributed by atoms with Gasteiger partial charge in [-0.25, -0.2) is 0 Å². The van der Waals surface area contributed by atoms with Crippen LogP contribution in [0.3, 0.4) is 0 Å². The fourth-order valence-electron chi connectivity index (χ4n) is 4.67.